The predicted molar refractivity (Wildman–Crippen MR) is 102 cm³/mol. The highest BCUT2D eigenvalue weighted by molar-refractivity contribution is 6.32. The molecule has 0 radical (unpaired) electrons. The average Bonchev–Trinajstić information content (AvgIpc) is 3.14. The molecular weight excluding hydrogens is 366 g/mol. The molecule has 6 nitrogen and oxygen atoms in total. The molecule has 0 spiro atoms. The fourth-order valence-corrected chi connectivity index (χ4v) is 2.89. The quantitative estimate of drug-likeness (QED) is 0.643. The molecule has 0 aliphatic rings. The normalized spacial score (nSPS) is 10.6. The van der Waals surface area contributed by atoms with Gasteiger partial charge in [-0.05, 0) is 29.7 Å². The molecule has 0 unspecified atom stereocenters. The molecular formula is C20H20ClN3O3. The van der Waals surface area contributed by atoms with Gasteiger partial charge in [0, 0.05) is 6.42 Å². The SMILES string of the molecule is COc1ccc(CC(=O)NCc2noc(CCc3ccccc3)n2)cc1Cl. The van der Waals surface area contributed by atoms with E-state index in [1.807, 2.05) is 18.2 Å². The fourth-order valence-electron chi connectivity index (χ4n) is 2.60. The first-order chi connectivity index (χ1) is 13.1. The number of aryl methyl sites for hydroxylation is 2. The van der Waals surface area contributed by atoms with E-state index in [0.717, 1.165) is 12.0 Å². The molecule has 1 N–H and O–H groups in total. The number of nitrogens with one attached hydrogen (secondary N) is 1. The Bertz CT molecular complexity index is 896. The van der Waals surface area contributed by atoms with Crippen LogP contribution in [-0.2, 0) is 30.6 Å². The Morgan fingerprint density at radius 1 is 1.15 bits per heavy atom. The number of hydrogen-bond donors (Lipinski definition) is 1. The number of halogens is 1. The highest BCUT2D eigenvalue weighted by Gasteiger charge is 2.10. The van der Waals surface area contributed by atoms with E-state index in [1.165, 1.54) is 5.56 Å². The van der Waals surface area contributed by atoms with Gasteiger partial charge in [-0.3, -0.25) is 4.79 Å². The summed E-state index contributed by atoms with van der Waals surface area (Å²) in [6.45, 7) is 0.220. The number of rotatable bonds is 8. The van der Waals surface area contributed by atoms with Crippen LogP contribution < -0.4 is 10.1 Å². The minimum atomic E-state index is -0.146. The summed E-state index contributed by atoms with van der Waals surface area (Å²) < 4.78 is 10.3. The molecule has 0 bridgehead atoms. The van der Waals surface area contributed by atoms with E-state index >= 15 is 0 Å². The Hall–Kier alpha value is -2.86. The molecule has 1 aromatic heterocycles. The number of methoxy groups -OCH3 is 1. The Kier molecular flexibility index (Phi) is 6.44. The largest absolute Gasteiger partial charge is 0.495 e. The van der Waals surface area contributed by atoms with Crippen molar-refractivity contribution in [1.29, 1.82) is 0 Å². The van der Waals surface area contributed by atoms with Crippen molar-refractivity contribution in [3.8, 4) is 5.75 Å². The van der Waals surface area contributed by atoms with Crippen LogP contribution in [0, 0.1) is 0 Å². The van der Waals surface area contributed by atoms with Crippen LogP contribution in [0.1, 0.15) is 22.8 Å². The van der Waals surface area contributed by atoms with E-state index < -0.39 is 0 Å². The molecule has 1 amide bonds. The summed E-state index contributed by atoms with van der Waals surface area (Å²) in [7, 11) is 1.55. The van der Waals surface area contributed by atoms with Gasteiger partial charge in [-0.2, -0.15) is 4.98 Å². The van der Waals surface area contributed by atoms with Crippen molar-refractivity contribution in [2.75, 3.05) is 7.11 Å². The Morgan fingerprint density at radius 2 is 1.96 bits per heavy atom. The topological polar surface area (TPSA) is 77.2 Å². The maximum Gasteiger partial charge on any atom is 0.227 e. The van der Waals surface area contributed by atoms with Crippen molar-refractivity contribution in [1.82, 2.24) is 15.5 Å². The number of carbonyl (C=O) groups is 1. The van der Waals surface area contributed by atoms with Crippen LogP contribution in [0.4, 0.5) is 0 Å². The molecule has 0 atom stereocenters. The van der Waals surface area contributed by atoms with E-state index in [9.17, 15) is 4.79 Å². The van der Waals surface area contributed by atoms with Gasteiger partial charge in [0.1, 0.15) is 5.75 Å². The third kappa shape index (κ3) is 5.56. The van der Waals surface area contributed by atoms with Crippen LogP contribution in [0.25, 0.3) is 0 Å². The maximum atomic E-state index is 12.1. The lowest BCUT2D eigenvalue weighted by atomic mass is 10.1. The molecule has 1 heterocycles. The lowest BCUT2D eigenvalue weighted by Gasteiger charge is -2.06. The number of benzene rings is 2. The molecule has 0 aliphatic carbocycles. The van der Waals surface area contributed by atoms with Gasteiger partial charge in [-0.1, -0.05) is 53.2 Å². The first-order valence-electron chi connectivity index (χ1n) is 8.58. The molecule has 7 heteroatoms. The van der Waals surface area contributed by atoms with Gasteiger partial charge in [-0.15, -0.1) is 0 Å². The smallest absolute Gasteiger partial charge is 0.227 e. The van der Waals surface area contributed by atoms with E-state index in [0.29, 0.717) is 28.9 Å². The highest BCUT2D eigenvalue weighted by Crippen LogP contribution is 2.25. The zero-order valence-electron chi connectivity index (χ0n) is 14.9. The summed E-state index contributed by atoms with van der Waals surface area (Å²) in [5, 5.41) is 7.17. The number of ether oxygens (including phenoxy) is 1. The van der Waals surface area contributed by atoms with Crippen LogP contribution >= 0.6 is 11.6 Å². The molecule has 3 aromatic rings. The van der Waals surface area contributed by atoms with Gasteiger partial charge in [0.05, 0.1) is 25.1 Å². The van der Waals surface area contributed by atoms with Gasteiger partial charge in [0.15, 0.2) is 5.82 Å². The van der Waals surface area contributed by atoms with Crippen molar-refractivity contribution in [3.63, 3.8) is 0 Å². The molecule has 0 aliphatic heterocycles. The van der Waals surface area contributed by atoms with Crippen molar-refractivity contribution in [3.05, 3.63) is 76.4 Å². The predicted octanol–water partition coefficient (Wildman–Crippen LogP) is 3.38. The summed E-state index contributed by atoms with van der Waals surface area (Å²) in [5.41, 5.74) is 2.01. The maximum absolute atomic E-state index is 12.1. The third-order valence-corrected chi connectivity index (χ3v) is 4.30. The first-order valence-corrected chi connectivity index (χ1v) is 8.96. The van der Waals surface area contributed by atoms with E-state index in [4.69, 9.17) is 20.9 Å². The summed E-state index contributed by atoms with van der Waals surface area (Å²) in [5.74, 6) is 1.45. The number of amides is 1. The van der Waals surface area contributed by atoms with Crippen LogP contribution in [0.2, 0.25) is 5.02 Å². The Labute approximate surface area is 162 Å². The average molecular weight is 386 g/mol. The number of aromatic nitrogens is 2. The monoisotopic (exact) mass is 385 g/mol. The van der Waals surface area contributed by atoms with Crippen molar-refractivity contribution in [2.45, 2.75) is 25.8 Å². The minimum absolute atomic E-state index is 0.146. The molecule has 2 aromatic carbocycles. The number of nitrogens with zero attached hydrogens (tertiary/aromatic N) is 2. The molecule has 27 heavy (non-hydrogen) atoms. The fraction of sp³-hybridized carbons (Fsp3) is 0.250. The molecule has 140 valence electrons. The summed E-state index contributed by atoms with van der Waals surface area (Å²) >= 11 is 6.07. The van der Waals surface area contributed by atoms with Gasteiger partial charge in [0.2, 0.25) is 11.8 Å². The van der Waals surface area contributed by atoms with Gasteiger partial charge < -0.3 is 14.6 Å². The van der Waals surface area contributed by atoms with E-state index in [1.54, 1.807) is 25.3 Å². The van der Waals surface area contributed by atoms with Crippen LogP contribution in [-0.4, -0.2) is 23.2 Å². The number of carbonyl (C=O) groups excluding carboxylic acids is 1. The molecule has 3 rings (SSSR count). The lowest BCUT2D eigenvalue weighted by Crippen LogP contribution is -2.25. The van der Waals surface area contributed by atoms with Crippen LogP contribution in [0.15, 0.2) is 53.1 Å². The van der Waals surface area contributed by atoms with Gasteiger partial charge in [-0.25, -0.2) is 0 Å². The highest BCUT2D eigenvalue weighted by atomic mass is 35.5. The number of hydrogen-bond acceptors (Lipinski definition) is 5. The van der Waals surface area contributed by atoms with E-state index in [2.05, 4.69) is 27.6 Å². The summed E-state index contributed by atoms with van der Waals surface area (Å²) in [6.07, 6.45) is 1.70. The lowest BCUT2D eigenvalue weighted by molar-refractivity contribution is -0.120. The van der Waals surface area contributed by atoms with Gasteiger partial charge in [0.25, 0.3) is 0 Å². The summed E-state index contributed by atoms with van der Waals surface area (Å²) in [4.78, 5) is 16.4. The summed E-state index contributed by atoms with van der Waals surface area (Å²) in [6, 6.07) is 15.4. The third-order valence-electron chi connectivity index (χ3n) is 4.01. The molecule has 0 fully saturated rings. The molecule has 0 saturated heterocycles. The Morgan fingerprint density at radius 3 is 2.70 bits per heavy atom. The van der Waals surface area contributed by atoms with Crippen LogP contribution in [0.5, 0.6) is 5.75 Å². The van der Waals surface area contributed by atoms with E-state index in [-0.39, 0.29) is 18.9 Å². The zero-order chi connectivity index (χ0) is 19.1. The van der Waals surface area contributed by atoms with Crippen molar-refractivity contribution in [2.24, 2.45) is 0 Å². The second-order valence-corrected chi connectivity index (χ2v) is 6.42. The van der Waals surface area contributed by atoms with Crippen molar-refractivity contribution >= 4 is 17.5 Å². The second-order valence-electron chi connectivity index (χ2n) is 6.01. The van der Waals surface area contributed by atoms with Crippen LogP contribution in [0.3, 0.4) is 0 Å². The second kappa shape index (κ2) is 9.19. The first kappa shape index (κ1) is 18.9. The van der Waals surface area contributed by atoms with Gasteiger partial charge >= 0.3 is 0 Å². The zero-order valence-corrected chi connectivity index (χ0v) is 15.7. The molecule has 0 saturated carbocycles. The standard InChI is InChI=1S/C20H20ClN3O3/c1-26-17-9-7-15(11-16(17)21)12-19(25)22-13-18-23-20(27-24-18)10-8-14-5-3-2-4-6-14/h2-7,9,11H,8,10,12-13H2,1H3,(H,22,25). The van der Waals surface area contributed by atoms with Crippen molar-refractivity contribution < 1.29 is 14.1 Å². The minimum Gasteiger partial charge on any atom is -0.495 e. The Balaban J connectivity index is 1.46.